The summed E-state index contributed by atoms with van der Waals surface area (Å²) in [5.74, 6) is -3.67. The Kier molecular flexibility index (Phi) is 7.53. The van der Waals surface area contributed by atoms with Crippen molar-refractivity contribution < 1.29 is 28.8 Å². The molecule has 0 spiro atoms. The predicted octanol–water partition coefficient (Wildman–Crippen LogP) is -0.654. The van der Waals surface area contributed by atoms with Crippen molar-refractivity contribution in [2.24, 2.45) is 28.6 Å². The summed E-state index contributed by atoms with van der Waals surface area (Å²) < 4.78 is 0. The number of carbonyl (C=O) groups excluding carboxylic acids is 6. The average molecular weight is 506 g/mol. The second kappa shape index (κ2) is 9.82. The minimum Gasteiger partial charge on any atom is -0.356 e. The molecule has 0 aromatic carbocycles. The Bertz CT molecular complexity index is 970. The van der Waals surface area contributed by atoms with Crippen LogP contribution in [0.4, 0.5) is 0 Å². The van der Waals surface area contributed by atoms with Gasteiger partial charge in [-0.3, -0.25) is 28.8 Å². The molecule has 3 fully saturated rings. The fourth-order valence-corrected chi connectivity index (χ4v) is 5.76. The number of hydrogen-bond donors (Lipinski definition) is 4. The molecule has 2 aliphatic heterocycles. The number of hydrogen-bond acceptors (Lipinski definition) is 6. The monoisotopic (exact) mass is 505 g/mol. The molecule has 1 saturated carbocycles. The van der Waals surface area contributed by atoms with Gasteiger partial charge in [0, 0.05) is 33.0 Å². The van der Waals surface area contributed by atoms with Crippen LogP contribution in [0.5, 0.6) is 0 Å². The van der Waals surface area contributed by atoms with Crippen LogP contribution in [0.3, 0.4) is 0 Å². The Morgan fingerprint density at radius 3 is 2.28 bits per heavy atom. The van der Waals surface area contributed by atoms with Crippen molar-refractivity contribution in [1.82, 2.24) is 26.2 Å². The van der Waals surface area contributed by atoms with Crippen LogP contribution in [0.25, 0.3) is 0 Å². The molecule has 1 aliphatic carbocycles. The van der Waals surface area contributed by atoms with E-state index >= 15 is 0 Å². The summed E-state index contributed by atoms with van der Waals surface area (Å²) in [7, 11) is 1.32. The number of nitrogens with zero attached hydrogens (tertiary/aromatic N) is 1. The van der Waals surface area contributed by atoms with E-state index in [2.05, 4.69) is 21.3 Å². The number of likely N-dealkylation sites (N-methyl/N-ethyl adjacent to an activating group) is 1. The van der Waals surface area contributed by atoms with Gasteiger partial charge in [-0.25, -0.2) is 0 Å². The fraction of sp³-hybridized carbons (Fsp3) is 0.760. The highest BCUT2D eigenvalue weighted by Crippen LogP contribution is 2.65. The number of rotatable bonds is 8. The van der Waals surface area contributed by atoms with Gasteiger partial charge >= 0.3 is 0 Å². The van der Waals surface area contributed by atoms with E-state index in [1.165, 1.54) is 18.9 Å². The number of likely N-dealkylation sites (tertiary alicyclic amines) is 1. The van der Waals surface area contributed by atoms with Crippen LogP contribution in [0, 0.1) is 28.6 Å². The van der Waals surface area contributed by atoms with Gasteiger partial charge < -0.3 is 26.2 Å². The summed E-state index contributed by atoms with van der Waals surface area (Å²) >= 11 is 0. The number of amides is 5. The molecule has 0 aromatic rings. The maximum atomic E-state index is 13.7. The molecule has 6 atom stereocenters. The van der Waals surface area contributed by atoms with Crippen LogP contribution in [0.15, 0.2) is 0 Å². The summed E-state index contributed by atoms with van der Waals surface area (Å²) in [5.41, 5.74) is -0.769. The standard InChI is InChI=1S/C25H39N5O6/c1-12(31)28-19(24(2,3)4)23(36)30-11-14-16(25(14,5)6)17(30)21(34)29-15(18(32)22(35)26-7)10-13-8-9-27-20(13)33/h13-17,19H,8-11H2,1-7H3,(H,26,35)(H,27,33)(H,28,31)(H,29,34)/t13-,14-,15?,16-,17-,19?/m0/s1. The Labute approximate surface area is 211 Å². The molecule has 11 nitrogen and oxygen atoms in total. The third-order valence-corrected chi connectivity index (χ3v) is 7.99. The largest absolute Gasteiger partial charge is 0.356 e. The topological polar surface area (TPSA) is 154 Å². The van der Waals surface area contributed by atoms with Gasteiger partial charge in [-0.05, 0) is 35.5 Å². The second-order valence-electron chi connectivity index (χ2n) is 11.9. The quantitative estimate of drug-likeness (QED) is 0.322. The molecule has 2 saturated heterocycles. The first-order valence-electron chi connectivity index (χ1n) is 12.5. The Morgan fingerprint density at radius 1 is 1.14 bits per heavy atom. The molecule has 200 valence electrons. The molecule has 2 unspecified atom stereocenters. The van der Waals surface area contributed by atoms with E-state index in [1.807, 2.05) is 34.6 Å². The maximum absolute atomic E-state index is 13.7. The molecule has 4 N–H and O–H groups in total. The summed E-state index contributed by atoms with van der Waals surface area (Å²) in [6, 6.07) is -2.89. The van der Waals surface area contributed by atoms with Crippen molar-refractivity contribution in [2.45, 2.75) is 72.5 Å². The first-order valence-corrected chi connectivity index (χ1v) is 12.5. The molecule has 0 radical (unpaired) electrons. The minimum atomic E-state index is -1.20. The number of ketones is 1. The molecule has 3 aliphatic rings. The van der Waals surface area contributed by atoms with Gasteiger partial charge in [-0.2, -0.15) is 0 Å². The lowest BCUT2D eigenvalue weighted by atomic mass is 9.85. The summed E-state index contributed by atoms with van der Waals surface area (Å²) in [5, 5.41) is 10.4. The van der Waals surface area contributed by atoms with E-state index in [1.54, 1.807) is 0 Å². The van der Waals surface area contributed by atoms with Crippen LogP contribution in [-0.2, 0) is 28.8 Å². The third kappa shape index (κ3) is 5.24. The first kappa shape index (κ1) is 27.6. The molecule has 5 amide bonds. The van der Waals surface area contributed by atoms with Crippen molar-refractivity contribution in [3.05, 3.63) is 0 Å². The zero-order chi connectivity index (χ0) is 27.2. The molecular formula is C25H39N5O6. The molecule has 0 bridgehead atoms. The number of nitrogens with one attached hydrogen (secondary N) is 4. The van der Waals surface area contributed by atoms with E-state index in [0.717, 1.165) is 0 Å². The van der Waals surface area contributed by atoms with E-state index in [0.29, 0.717) is 19.5 Å². The maximum Gasteiger partial charge on any atom is 0.289 e. The van der Waals surface area contributed by atoms with Crippen LogP contribution < -0.4 is 21.3 Å². The van der Waals surface area contributed by atoms with Crippen LogP contribution in [0.1, 0.15) is 54.4 Å². The van der Waals surface area contributed by atoms with Gasteiger partial charge in [-0.15, -0.1) is 0 Å². The zero-order valence-electron chi connectivity index (χ0n) is 22.2. The highest BCUT2D eigenvalue weighted by Gasteiger charge is 2.69. The smallest absolute Gasteiger partial charge is 0.289 e. The van der Waals surface area contributed by atoms with Crippen molar-refractivity contribution in [1.29, 1.82) is 0 Å². The van der Waals surface area contributed by atoms with Gasteiger partial charge in [0.15, 0.2) is 0 Å². The summed E-state index contributed by atoms with van der Waals surface area (Å²) in [6.07, 6.45) is 0.500. The number of Topliss-reactive ketones (excluding diaryl/α,β-unsaturated/α-hetero) is 1. The van der Waals surface area contributed by atoms with E-state index in [9.17, 15) is 28.8 Å². The minimum absolute atomic E-state index is 0.00150. The van der Waals surface area contributed by atoms with Crippen LogP contribution >= 0.6 is 0 Å². The van der Waals surface area contributed by atoms with Gasteiger partial charge in [0.25, 0.3) is 5.91 Å². The Hall–Kier alpha value is -2.98. The van der Waals surface area contributed by atoms with E-state index in [4.69, 9.17) is 0 Å². The van der Waals surface area contributed by atoms with Crippen molar-refractivity contribution in [2.75, 3.05) is 20.1 Å². The van der Waals surface area contributed by atoms with Crippen LogP contribution in [0.2, 0.25) is 0 Å². The average Bonchev–Trinajstić information content (AvgIpc) is 3.13. The lowest BCUT2D eigenvalue weighted by molar-refractivity contribution is -0.146. The van der Waals surface area contributed by atoms with Crippen molar-refractivity contribution >= 4 is 35.3 Å². The SMILES string of the molecule is CNC(=O)C(=O)C(C[C@@H]1CCNC1=O)NC(=O)[C@@H]1[C@@H]2[C@H](CN1C(=O)C(NC(C)=O)C(C)(C)C)C2(C)C. The van der Waals surface area contributed by atoms with Gasteiger partial charge in [0.05, 0.1) is 6.04 Å². The first-order chi connectivity index (χ1) is 16.6. The van der Waals surface area contributed by atoms with Gasteiger partial charge in [-0.1, -0.05) is 34.6 Å². The molecular weight excluding hydrogens is 466 g/mol. The normalized spacial score (nSPS) is 27.9. The highest BCUT2D eigenvalue weighted by atomic mass is 16.2. The lowest BCUT2D eigenvalue weighted by Crippen LogP contribution is -2.60. The van der Waals surface area contributed by atoms with Crippen molar-refractivity contribution in [3.8, 4) is 0 Å². The fourth-order valence-electron chi connectivity index (χ4n) is 5.76. The molecule has 0 aromatic heterocycles. The molecule has 36 heavy (non-hydrogen) atoms. The molecule has 3 rings (SSSR count). The van der Waals surface area contributed by atoms with E-state index < -0.39 is 47.1 Å². The van der Waals surface area contributed by atoms with Gasteiger partial charge in [0.2, 0.25) is 29.4 Å². The summed E-state index contributed by atoms with van der Waals surface area (Å²) in [4.78, 5) is 77.8. The van der Waals surface area contributed by atoms with Crippen LogP contribution in [-0.4, -0.2) is 78.5 Å². The van der Waals surface area contributed by atoms with E-state index in [-0.39, 0.29) is 41.4 Å². The zero-order valence-corrected chi connectivity index (χ0v) is 22.2. The number of piperidine rings is 1. The second-order valence-corrected chi connectivity index (χ2v) is 11.9. The number of carbonyl (C=O) groups is 6. The number of fused-ring (bicyclic) bond motifs is 1. The Balaban J connectivity index is 1.87. The predicted molar refractivity (Wildman–Crippen MR) is 130 cm³/mol. The van der Waals surface area contributed by atoms with Crippen molar-refractivity contribution in [3.63, 3.8) is 0 Å². The molecule has 11 heteroatoms. The lowest BCUT2D eigenvalue weighted by Gasteiger charge is -2.37. The highest BCUT2D eigenvalue weighted by molar-refractivity contribution is 6.38. The van der Waals surface area contributed by atoms with Gasteiger partial charge in [0.1, 0.15) is 12.1 Å². The summed E-state index contributed by atoms with van der Waals surface area (Å²) in [6.45, 7) is 11.8. The molecule has 2 heterocycles. The third-order valence-electron chi connectivity index (χ3n) is 7.99. The Morgan fingerprint density at radius 2 is 1.78 bits per heavy atom.